The summed E-state index contributed by atoms with van der Waals surface area (Å²) in [5, 5.41) is -5.91. The van der Waals surface area contributed by atoms with E-state index in [0.29, 0.717) is 9.99 Å². The number of alkyl halides is 5. The maximum atomic E-state index is 13.7. The van der Waals surface area contributed by atoms with Crippen LogP contribution < -0.4 is 0 Å². The highest BCUT2D eigenvalue weighted by Gasteiger charge is 2.64. The van der Waals surface area contributed by atoms with Crippen LogP contribution in [0.25, 0.3) is 0 Å². The van der Waals surface area contributed by atoms with E-state index in [9.17, 15) is 44.5 Å². The zero-order chi connectivity index (χ0) is 25.8. The van der Waals surface area contributed by atoms with Gasteiger partial charge in [0, 0.05) is 16.6 Å². The highest BCUT2D eigenvalue weighted by molar-refractivity contribution is 14.1. The molecule has 0 spiro atoms. The van der Waals surface area contributed by atoms with Crippen molar-refractivity contribution in [2.24, 2.45) is 17.8 Å². The molecule has 3 rings (SSSR count). The van der Waals surface area contributed by atoms with Gasteiger partial charge in [0.25, 0.3) is 6.10 Å². The first kappa shape index (κ1) is 28.5. The van der Waals surface area contributed by atoms with E-state index in [1.165, 1.54) is 0 Å². The van der Waals surface area contributed by atoms with Crippen molar-refractivity contribution in [1.82, 2.24) is 0 Å². The summed E-state index contributed by atoms with van der Waals surface area (Å²) in [4.78, 5) is 25.1. The van der Waals surface area contributed by atoms with Crippen molar-refractivity contribution < 1.29 is 54.0 Å². The lowest BCUT2D eigenvalue weighted by molar-refractivity contribution is -0.261. The zero-order valence-electron chi connectivity index (χ0n) is 16.5. The minimum Gasteiger partial charge on any atom is -0.743 e. The Morgan fingerprint density at radius 3 is 2.21 bits per heavy atom. The summed E-state index contributed by atoms with van der Waals surface area (Å²) in [5.41, 5.74) is 0.260. The van der Waals surface area contributed by atoms with Gasteiger partial charge < -0.3 is 14.0 Å². The van der Waals surface area contributed by atoms with E-state index in [1.807, 2.05) is 73.8 Å². The molecule has 7 nitrogen and oxygen atoms in total. The average Bonchev–Trinajstić information content (AvgIpc) is 3.27. The number of esters is 2. The maximum absolute atomic E-state index is 13.7. The summed E-state index contributed by atoms with van der Waals surface area (Å²) in [5.74, 6) is -4.79. The highest BCUT2D eigenvalue weighted by Crippen LogP contribution is 2.51. The number of fused-ring (bicyclic) bond motifs is 2. The SMILES string of the molecule is O=C(OC1CC2CC(C(=O)OC(C(F)(F)F)C(F)(F)S(=O)(=O)[O-])C1C2)c1cc(I)cc(I)c1I. The van der Waals surface area contributed by atoms with Gasteiger partial charge in [-0.3, -0.25) is 4.79 Å². The van der Waals surface area contributed by atoms with Gasteiger partial charge in [-0.05, 0) is 105 Å². The summed E-state index contributed by atoms with van der Waals surface area (Å²) < 4.78 is 110. The zero-order valence-corrected chi connectivity index (χ0v) is 23.7. The molecule has 190 valence electrons. The van der Waals surface area contributed by atoms with Crippen LogP contribution in [0.3, 0.4) is 0 Å². The van der Waals surface area contributed by atoms with Crippen LogP contribution in [-0.2, 0) is 24.4 Å². The fourth-order valence-corrected chi connectivity index (χ4v) is 7.08. The molecule has 0 amide bonds. The molecule has 2 aliphatic rings. The predicted molar refractivity (Wildman–Crippen MR) is 129 cm³/mol. The molecule has 2 bridgehead atoms. The predicted octanol–water partition coefficient (Wildman–Crippen LogP) is 4.68. The van der Waals surface area contributed by atoms with Crippen molar-refractivity contribution in [3.05, 3.63) is 28.4 Å². The second kappa shape index (κ2) is 9.99. The molecule has 1 aromatic carbocycles. The first-order valence-electron chi connectivity index (χ1n) is 9.39. The van der Waals surface area contributed by atoms with Gasteiger partial charge in [0.15, 0.2) is 10.1 Å². The molecule has 0 aromatic heterocycles. The highest BCUT2D eigenvalue weighted by atomic mass is 127. The third-order valence-electron chi connectivity index (χ3n) is 5.70. The lowest BCUT2D eigenvalue weighted by Crippen LogP contribution is -2.53. The van der Waals surface area contributed by atoms with E-state index in [-0.39, 0.29) is 24.3 Å². The van der Waals surface area contributed by atoms with Crippen molar-refractivity contribution in [3.63, 3.8) is 0 Å². The number of carbonyl (C=O) groups is 2. The molecular weight excluding hydrogens is 836 g/mol. The topological polar surface area (TPSA) is 110 Å². The molecule has 5 atom stereocenters. The van der Waals surface area contributed by atoms with Crippen LogP contribution in [0.15, 0.2) is 12.1 Å². The van der Waals surface area contributed by atoms with Crippen LogP contribution in [-0.4, -0.2) is 48.5 Å². The first-order valence-corrected chi connectivity index (χ1v) is 14.0. The third kappa shape index (κ3) is 5.74. The minimum absolute atomic E-state index is 0.00348. The number of benzene rings is 1. The Kier molecular flexibility index (Phi) is 8.37. The van der Waals surface area contributed by atoms with Crippen molar-refractivity contribution in [3.8, 4) is 0 Å². The minimum atomic E-state index is -6.78. The largest absolute Gasteiger partial charge is 0.743 e. The molecule has 2 saturated carbocycles. The molecular formula is C18H13F5I3O7S-. The number of rotatable bonds is 6. The molecule has 0 heterocycles. The van der Waals surface area contributed by atoms with E-state index in [1.54, 1.807) is 6.07 Å². The number of halogens is 8. The fourth-order valence-electron chi connectivity index (χ4n) is 4.26. The Hall–Kier alpha value is -0.0900. The van der Waals surface area contributed by atoms with Crippen LogP contribution in [0.4, 0.5) is 22.0 Å². The quantitative estimate of drug-likeness (QED) is 0.135. The van der Waals surface area contributed by atoms with E-state index in [4.69, 9.17) is 4.74 Å². The molecule has 2 aliphatic carbocycles. The molecule has 0 saturated heterocycles. The van der Waals surface area contributed by atoms with Crippen molar-refractivity contribution in [2.75, 3.05) is 0 Å². The molecule has 34 heavy (non-hydrogen) atoms. The van der Waals surface area contributed by atoms with E-state index < -0.39 is 57.5 Å². The second-order valence-corrected chi connectivity index (χ2v) is 12.8. The Morgan fingerprint density at radius 2 is 1.68 bits per heavy atom. The number of ether oxygens (including phenoxy) is 2. The monoisotopic (exact) mass is 849 g/mol. The molecule has 2 fully saturated rings. The smallest absolute Gasteiger partial charge is 0.432 e. The Balaban J connectivity index is 1.77. The Labute approximate surface area is 231 Å². The van der Waals surface area contributed by atoms with Crippen LogP contribution in [0, 0.1) is 28.5 Å². The molecule has 0 radical (unpaired) electrons. The van der Waals surface area contributed by atoms with Crippen molar-refractivity contribution in [1.29, 1.82) is 0 Å². The lowest BCUT2D eigenvalue weighted by Gasteiger charge is -2.33. The summed E-state index contributed by atoms with van der Waals surface area (Å²) in [6, 6.07) is 3.42. The molecule has 1 aromatic rings. The van der Waals surface area contributed by atoms with E-state index >= 15 is 0 Å². The Morgan fingerprint density at radius 1 is 1.06 bits per heavy atom. The van der Waals surface area contributed by atoms with Crippen LogP contribution in [0.2, 0.25) is 0 Å². The number of hydrogen-bond donors (Lipinski definition) is 0. The molecule has 0 aliphatic heterocycles. The van der Waals surface area contributed by atoms with E-state index in [0.717, 1.165) is 7.14 Å². The van der Waals surface area contributed by atoms with Gasteiger partial charge in [0.05, 0.1) is 11.5 Å². The summed E-state index contributed by atoms with van der Waals surface area (Å²) >= 11 is 6.00. The van der Waals surface area contributed by atoms with Crippen LogP contribution in [0.5, 0.6) is 0 Å². The lowest BCUT2D eigenvalue weighted by atomic mass is 9.86. The summed E-state index contributed by atoms with van der Waals surface area (Å²) in [6.45, 7) is 0. The van der Waals surface area contributed by atoms with Gasteiger partial charge in [0.2, 0.25) is 0 Å². The third-order valence-corrected chi connectivity index (χ3v) is 10.2. The molecule has 5 unspecified atom stereocenters. The van der Waals surface area contributed by atoms with Gasteiger partial charge in [-0.25, -0.2) is 13.2 Å². The van der Waals surface area contributed by atoms with Crippen molar-refractivity contribution in [2.45, 2.75) is 42.9 Å². The van der Waals surface area contributed by atoms with Crippen LogP contribution >= 0.6 is 67.8 Å². The number of carbonyl (C=O) groups excluding carboxylic acids is 2. The van der Waals surface area contributed by atoms with Crippen LogP contribution in [0.1, 0.15) is 29.6 Å². The van der Waals surface area contributed by atoms with Gasteiger partial charge >= 0.3 is 23.4 Å². The normalized spacial score (nSPS) is 25.8. The average molecular weight is 849 g/mol. The summed E-state index contributed by atoms with van der Waals surface area (Å²) in [7, 11) is -6.78. The fraction of sp³-hybridized carbons (Fsp3) is 0.556. The number of hydrogen-bond acceptors (Lipinski definition) is 7. The Bertz CT molecular complexity index is 1110. The van der Waals surface area contributed by atoms with E-state index in [2.05, 4.69) is 4.74 Å². The van der Waals surface area contributed by atoms with Gasteiger partial charge in [-0.1, -0.05) is 0 Å². The standard InChI is InChI=1S/C18H14F5I3O7S/c19-17(20,21)16(18(22,23)34(29,30)31)33-14(27)9-2-6-1-8(9)12(3-6)32-15(28)10-4-7(24)5-11(25)13(10)26/h4-6,8-9,12,16H,1-3H2,(H,29,30,31)/p-1. The first-order chi connectivity index (χ1) is 15.4. The van der Waals surface area contributed by atoms with Gasteiger partial charge in [-0.2, -0.15) is 22.0 Å². The molecule has 16 heteroatoms. The van der Waals surface area contributed by atoms with Gasteiger partial charge in [-0.15, -0.1) is 0 Å². The maximum Gasteiger partial charge on any atom is 0.432 e. The second-order valence-electron chi connectivity index (χ2n) is 7.91. The van der Waals surface area contributed by atoms with Crippen molar-refractivity contribution >= 4 is 89.8 Å². The van der Waals surface area contributed by atoms with Gasteiger partial charge in [0.1, 0.15) is 6.10 Å². The molecule has 0 N–H and O–H groups in total. The summed E-state index contributed by atoms with van der Waals surface area (Å²) in [6.07, 6.45) is -10.7.